The lowest BCUT2D eigenvalue weighted by Crippen LogP contribution is -2.36. The third-order valence-electron chi connectivity index (χ3n) is 4.64. The minimum atomic E-state index is -0.434. The second kappa shape index (κ2) is 9.82. The van der Waals surface area contributed by atoms with Crippen molar-refractivity contribution in [3.05, 3.63) is 76.2 Å². The molecule has 2 aromatic carbocycles. The van der Waals surface area contributed by atoms with Crippen molar-refractivity contribution in [1.29, 1.82) is 0 Å². The summed E-state index contributed by atoms with van der Waals surface area (Å²) in [6.07, 6.45) is 0. The molecule has 0 saturated carbocycles. The van der Waals surface area contributed by atoms with Crippen molar-refractivity contribution in [1.82, 2.24) is 15.5 Å². The Bertz CT molecular complexity index is 1140. The number of nitrogens with zero attached hydrogens (tertiary/aromatic N) is 2. The highest BCUT2D eigenvalue weighted by atomic mass is 35.5. The lowest BCUT2D eigenvalue weighted by atomic mass is 9.92. The molecule has 1 aromatic heterocycles. The number of halogens is 2. The number of anilines is 1. The Kier molecular flexibility index (Phi) is 7.15. The number of guanidine groups is 1. The molecule has 9 heteroatoms. The normalized spacial score (nSPS) is 11.9. The van der Waals surface area contributed by atoms with Gasteiger partial charge in [0.2, 0.25) is 5.96 Å². The van der Waals surface area contributed by atoms with Crippen LogP contribution < -0.4 is 15.4 Å². The predicted molar refractivity (Wildman–Crippen MR) is 124 cm³/mol. The number of rotatable bonds is 5. The lowest BCUT2D eigenvalue weighted by molar-refractivity contribution is 0.0974. The van der Waals surface area contributed by atoms with E-state index < -0.39 is 11.7 Å². The van der Waals surface area contributed by atoms with Gasteiger partial charge >= 0.3 is 0 Å². The van der Waals surface area contributed by atoms with Crippen molar-refractivity contribution in [3.63, 3.8) is 0 Å². The quantitative estimate of drug-likeness (QED) is 0.375. The molecule has 0 aliphatic heterocycles. The molecule has 0 spiro atoms. The summed E-state index contributed by atoms with van der Waals surface area (Å²) in [7, 11) is 1.49. The van der Waals surface area contributed by atoms with E-state index in [-0.39, 0.29) is 22.9 Å². The van der Waals surface area contributed by atoms with E-state index in [1.807, 2.05) is 6.07 Å². The van der Waals surface area contributed by atoms with Crippen LogP contribution in [-0.4, -0.2) is 29.2 Å². The number of methoxy groups -OCH3 is 1. The Hall–Kier alpha value is -3.39. The topological polar surface area (TPSA) is 91.4 Å². The molecule has 0 fully saturated rings. The SMILES string of the molecule is COc1ccccc1C(=O)NC(=NCc1ccc(F)cc1Cl)Nc1cc(C(C)(C)C)[nH]n1. The van der Waals surface area contributed by atoms with Gasteiger partial charge in [0.15, 0.2) is 5.82 Å². The van der Waals surface area contributed by atoms with Crippen molar-refractivity contribution in [2.45, 2.75) is 32.7 Å². The van der Waals surface area contributed by atoms with Gasteiger partial charge < -0.3 is 10.1 Å². The van der Waals surface area contributed by atoms with Crippen LogP contribution in [0.15, 0.2) is 53.5 Å². The zero-order valence-electron chi connectivity index (χ0n) is 18.3. The van der Waals surface area contributed by atoms with Gasteiger partial charge in [-0.2, -0.15) is 5.10 Å². The van der Waals surface area contributed by atoms with Crippen LogP contribution in [0, 0.1) is 5.82 Å². The van der Waals surface area contributed by atoms with Crippen LogP contribution in [0.25, 0.3) is 0 Å². The fourth-order valence-corrected chi connectivity index (χ4v) is 3.05. The molecule has 7 nitrogen and oxygen atoms in total. The molecule has 3 N–H and O–H groups in total. The number of para-hydroxylation sites is 1. The lowest BCUT2D eigenvalue weighted by Gasteiger charge is -2.15. The Morgan fingerprint density at radius 1 is 1.22 bits per heavy atom. The van der Waals surface area contributed by atoms with E-state index in [4.69, 9.17) is 16.3 Å². The predicted octanol–water partition coefficient (Wildman–Crippen LogP) is 4.91. The number of hydrogen-bond donors (Lipinski definition) is 3. The Balaban J connectivity index is 1.87. The van der Waals surface area contributed by atoms with Gasteiger partial charge in [0, 0.05) is 22.2 Å². The molecule has 0 atom stereocenters. The summed E-state index contributed by atoms with van der Waals surface area (Å²) in [5.74, 6) is 0.232. The average Bonchev–Trinajstić information content (AvgIpc) is 3.22. The van der Waals surface area contributed by atoms with Gasteiger partial charge in [-0.15, -0.1) is 0 Å². The summed E-state index contributed by atoms with van der Waals surface area (Å²) in [5.41, 5.74) is 1.74. The van der Waals surface area contributed by atoms with Crippen LogP contribution in [0.2, 0.25) is 5.02 Å². The first-order valence-electron chi connectivity index (χ1n) is 9.93. The van der Waals surface area contributed by atoms with Crippen molar-refractivity contribution >= 4 is 29.3 Å². The third kappa shape index (κ3) is 5.85. The summed E-state index contributed by atoms with van der Waals surface area (Å²) in [6, 6.07) is 12.8. The molecule has 0 aliphatic carbocycles. The maximum atomic E-state index is 13.4. The smallest absolute Gasteiger partial charge is 0.261 e. The van der Waals surface area contributed by atoms with Crippen LogP contribution in [0.5, 0.6) is 5.75 Å². The van der Waals surface area contributed by atoms with Crippen molar-refractivity contribution < 1.29 is 13.9 Å². The standard InChI is InChI=1S/C23H25ClFN5O2/c1-23(2,3)19-12-20(30-29-19)27-22(26-13-14-9-10-15(25)11-17(14)24)28-21(31)16-7-5-6-8-18(16)32-4/h5-12H,13H2,1-4H3,(H3,26,27,28,29,30,31). The zero-order chi connectivity index (χ0) is 23.3. The molecule has 0 aliphatic rings. The fraction of sp³-hybridized carbons (Fsp3) is 0.261. The fourth-order valence-electron chi connectivity index (χ4n) is 2.82. The number of aliphatic imine (C=N–C) groups is 1. The van der Waals surface area contributed by atoms with Crippen molar-refractivity contribution in [3.8, 4) is 5.75 Å². The van der Waals surface area contributed by atoms with Gasteiger partial charge in [-0.3, -0.25) is 15.2 Å². The van der Waals surface area contributed by atoms with Crippen LogP contribution in [-0.2, 0) is 12.0 Å². The zero-order valence-corrected chi connectivity index (χ0v) is 19.0. The van der Waals surface area contributed by atoms with E-state index in [0.29, 0.717) is 22.7 Å². The molecule has 1 heterocycles. The number of carbonyl (C=O) groups is 1. The Morgan fingerprint density at radius 3 is 2.62 bits per heavy atom. The van der Waals surface area contributed by atoms with Crippen LogP contribution in [0.3, 0.4) is 0 Å². The van der Waals surface area contributed by atoms with Crippen LogP contribution in [0.1, 0.15) is 42.4 Å². The number of ether oxygens (including phenoxy) is 1. The minimum absolute atomic E-state index is 0.115. The first-order valence-corrected chi connectivity index (χ1v) is 10.3. The average molecular weight is 458 g/mol. The van der Waals surface area contributed by atoms with Gasteiger partial charge in [0.25, 0.3) is 5.91 Å². The van der Waals surface area contributed by atoms with Crippen LogP contribution >= 0.6 is 11.6 Å². The second-order valence-electron chi connectivity index (χ2n) is 8.10. The Labute approximate surface area is 191 Å². The van der Waals surface area contributed by atoms with Gasteiger partial charge in [0.05, 0.1) is 19.2 Å². The first kappa shape index (κ1) is 23.3. The number of benzene rings is 2. The number of aromatic amines is 1. The van der Waals surface area contributed by atoms with Gasteiger partial charge in [-0.25, -0.2) is 9.38 Å². The largest absolute Gasteiger partial charge is 0.496 e. The molecule has 0 saturated heterocycles. The summed E-state index contributed by atoms with van der Waals surface area (Å²) in [6.45, 7) is 6.28. The number of H-pyrrole nitrogens is 1. The van der Waals surface area contributed by atoms with E-state index in [1.54, 1.807) is 30.3 Å². The number of nitrogens with one attached hydrogen (secondary N) is 3. The van der Waals surface area contributed by atoms with Gasteiger partial charge in [0.1, 0.15) is 11.6 Å². The second-order valence-corrected chi connectivity index (χ2v) is 8.50. The maximum absolute atomic E-state index is 13.4. The molecule has 168 valence electrons. The Morgan fingerprint density at radius 2 is 1.97 bits per heavy atom. The highest BCUT2D eigenvalue weighted by molar-refractivity contribution is 6.31. The van der Waals surface area contributed by atoms with Crippen molar-refractivity contribution in [2.75, 3.05) is 12.4 Å². The molecular formula is C23H25ClFN5O2. The van der Waals surface area contributed by atoms with E-state index in [2.05, 4.69) is 46.6 Å². The molecule has 3 aromatic rings. The number of hydrogen-bond acceptors (Lipinski definition) is 4. The van der Waals surface area contributed by atoms with Gasteiger partial charge in [-0.1, -0.05) is 50.6 Å². The van der Waals surface area contributed by atoms with E-state index >= 15 is 0 Å². The number of aromatic nitrogens is 2. The maximum Gasteiger partial charge on any atom is 0.261 e. The molecular weight excluding hydrogens is 433 g/mol. The number of carbonyl (C=O) groups excluding carboxylic acids is 1. The molecule has 1 amide bonds. The minimum Gasteiger partial charge on any atom is -0.496 e. The van der Waals surface area contributed by atoms with E-state index in [1.165, 1.54) is 19.2 Å². The summed E-state index contributed by atoms with van der Waals surface area (Å²) in [4.78, 5) is 17.3. The summed E-state index contributed by atoms with van der Waals surface area (Å²) >= 11 is 6.12. The molecule has 0 unspecified atom stereocenters. The summed E-state index contributed by atoms with van der Waals surface area (Å²) in [5, 5.41) is 13.3. The monoisotopic (exact) mass is 457 g/mol. The van der Waals surface area contributed by atoms with Crippen LogP contribution in [0.4, 0.5) is 10.2 Å². The number of amides is 1. The molecule has 0 radical (unpaired) electrons. The first-order chi connectivity index (χ1) is 15.2. The van der Waals surface area contributed by atoms with Gasteiger partial charge in [-0.05, 0) is 29.8 Å². The molecule has 0 bridgehead atoms. The summed E-state index contributed by atoms with van der Waals surface area (Å²) < 4.78 is 18.6. The molecule has 32 heavy (non-hydrogen) atoms. The van der Waals surface area contributed by atoms with E-state index in [9.17, 15) is 9.18 Å². The van der Waals surface area contributed by atoms with Crippen molar-refractivity contribution in [2.24, 2.45) is 4.99 Å². The highest BCUT2D eigenvalue weighted by Gasteiger charge is 2.18. The van der Waals surface area contributed by atoms with E-state index in [0.717, 1.165) is 5.69 Å². The third-order valence-corrected chi connectivity index (χ3v) is 4.99. The highest BCUT2D eigenvalue weighted by Crippen LogP contribution is 2.22. The molecule has 3 rings (SSSR count).